The normalized spacial score (nSPS) is 14.7. The molecule has 2 aromatic heterocycles. The number of rotatable bonds is 2. The first-order valence-electron chi connectivity index (χ1n) is 5.65. The summed E-state index contributed by atoms with van der Waals surface area (Å²) in [5, 5.41) is 3.21. The highest BCUT2D eigenvalue weighted by Crippen LogP contribution is 2.29. The third-order valence-electron chi connectivity index (χ3n) is 2.77. The van der Waals surface area contributed by atoms with Crippen LogP contribution in [0, 0.1) is 0 Å². The number of hydrogen-bond donors (Lipinski definition) is 0. The van der Waals surface area contributed by atoms with Gasteiger partial charge in [0.1, 0.15) is 5.01 Å². The lowest BCUT2D eigenvalue weighted by molar-refractivity contribution is 1.04. The molecule has 0 amide bonds. The standard InChI is InChI=1S/C14H12N2S/c1-2-4-11(5-3-1)13-10-17-14(16-13)12-6-8-15-9-7-12/h1-2,4,6-10H,3,5H2. The minimum absolute atomic E-state index is 1.07. The maximum absolute atomic E-state index is 4.69. The lowest BCUT2D eigenvalue weighted by atomic mass is 10.0. The Morgan fingerprint density at radius 3 is 2.82 bits per heavy atom. The molecule has 0 spiro atoms. The van der Waals surface area contributed by atoms with E-state index < -0.39 is 0 Å². The summed E-state index contributed by atoms with van der Waals surface area (Å²) in [7, 11) is 0. The highest BCUT2D eigenvalue weighted by Gasteiger charge is 2.09. The molecule has 0 atom stereocenters. The smallest absolute Gasteiger partial charge is 0.124 e. The van der Waals surface area contributed by atoms with Crippen LogP contribution in [0.2, 0.25) is 0 Å². The minimum atomic E-state index is 1.07. The summed E-state index contributed by atoms with van der Waals surface area (Å²) in [6, 6.07) is 4.00. The molecule has 1 aliphatic rings. The molecule has 2 aromatic rings. The van der Waals surface area contributed by atoms with Crippen LogP contribution in [0.25, 0.3) is 16.1 Å². The Bertz CT molecular complexity index is 567. The van der Waals surface area contributed by atoms with Gasteiger partial charge in [-0.05, 0) is 30.5 Å². The predicted molar refractivity (Wildman–Crippen MR) is 71.7 cm³/mol. The first-order chi connectivity index (χ1) is 8.43. The summed E-state index contributed by atoms with van der Waals surface area (Å²) in [6.45, 7) is 0. The van der Waals surface area contributed by atoms with Gasteiger partial charge in [-0.3, -0.25) is 4.98 Å². The van der Waals surface area contributed by atoms with Gasteiger partial charge in [-0.15, -0.1) is 11.3 Å². The molecule has 2 heterocycles. The predicted octanol–water partition coefficient (Wildman–Crippen LogP) is 3.94. The average molecular weight is 240 g/mol. The molecule has 0 saturated heterocycles. The zero-order valence-corrected chi connectivity index (χ0v) is 10.2. The van der Waals surface area contributed by atoms with Crippen LogP contribution in [0.15, 0.2) is 48.1 Å². The third kappa shape index (κ3) is 2.19. The lowest BCUT2D eigenvalue weighted by Crippen LogP contribution is -1.88. The highest BCUT2D eigenvalue weighted by atomic mass is 32.1. The number of nitrogens with zero attached hydrogens (tertiary/aromatic N) is 2. The van der Waals surface area contributed by atoms with Gasteiger partial charge in [-0.2, -0.15) is 0 Å². The number of hydrogen-bond acceptors (Lipinski definition) is 3. The van der Waals surface area contributed by atoms with Crippen molar-refractivity contribution >= 4 is 16.9 Å². The molecular formula is C14H12N2S. The first kappa shape index (κ1) is 10.4. The number of thiazole rings is 1. The third-order valence-corrected chi connectivity index (χ3v) is 3.67. The fourth-order valence-corrected chi connectivity index (χ4v) is 2.71. The number of aromatic nitrogens is 2. The van der Waals surface area contributed by atoms with Gasteiger partial charge in [0.25, 0.3) is 0 Å². The van der Waals surface area contributed by atoms with E-state index in [9.17, 15) is 0 Å². The number of pyridine rings is 1. The van der Waals surface area contributed by atoms with Crippen molar-refractivity contribution in [1.82, 2.24) is 9.97 Å². The SMILES string of the molecule is C1=CCCC(c2csc(-c3ccncc3)n2)=C1. The van der Waals surface area contributed by atoms with Gasteiger partial charge >= 0.3 is 0 Å². The number of allylic oxidation sites excluding steroid dienone is 4. The van der Waals surface area contributed by atoms with Gasteiger partial charge in [-0.1, -0.05) is 18.2 Å². The van der Waals surface area contributed by atoms with Gasteiger partial charge in [0.05, 0.1) is 5.69 Å². The lowest BCUT2D eigenvalue weighted by Gasteiger charge is -2.04. The van der Waals surface area contributed by atoms with E-state index in [2.05, 4.69) is 28.6 Å². The average Bonchev–Trinajstić information content (AvgIpc) is 2.90. The molecule has 0 N–H and O–H groups in total. The molecule has 2 nitrogen and oxygen atoms in total. The molecule has 0 unspecified atom stereocenters. The molecule has 17 heavy (non-hydrogen) atoms. The second kappa shape index (κ2) is 4.63. The van der Waals surface area contributed by atoms with Crippen molar-refractivity contribution in [3.63, 3.8) is 0 Å². The van der Waals surface area contributed by atoms with Crippen LogP contribution < -0.4 is 0 Å². The highest BCUT2D eigenvalue weighted by molar-refractivity contribution is 7.13. The van der Waals surface area contributed by atoms with E-state index in [1.807, 2.05) is 12.1 Å². The van der Waals surface area contributed by atoms with Gasteiger partial charge in [0, 0.05) is 23.3 Å². The van der Waals surface area contributed by atoms with Crippen LogP contribution >= 0.6 is 11.3 Å². The van der Waals surface area contributed by atoms with Crippen molar-refractivity contribution in [2.75, 3.05) is 0 Å². The summed E-state index contributed by atoms with van der Waals surface area (Å²) in [6.07, 6.45) is 12.3. The van der Waals surface area contributed by atoms with E-state index >= 15 is 0 Å². The zero-order chi connectivity index (χ0) is 11.5. The molecule has 0 bridgehead atoms. The molecule has 0 aromatic carbocycles. The Balaban J connectivity index is 1.93. The van der Waals surface area contributed by atoms with Crippen LogP contribution in [0.1, 0.15) is 18.5 Å². The fourth-order valence-electron chi connectivity index (χ4n) is 1.86. The largest absolute Gasteiger partial charge is 0.265 e. The molecule has 1 aliphatic carbocycles. The summed E-state index contributed by atoms with van der Waals surface area (Å²) in [5.41, 5.74) is 3.60. The maximum Gasteiger partial charge on any atom is 0.124 e. The van der Waals surface area contributed by atoms with Crippen LogP contribution in [-0.4, -0.2) is 9.97 Å². The Morgan fingerprint density at radius 2 is 2.06 bits per heavy atom. The second-order valence-electron chi connectivity index (χ2n) is 3.93. The van der Waals surface area contributed by atoms with E-state index in [-0.39, 0.29) is 0 Å². The van der Waals surface area contributed by atoms with E-state index in [1.54, 1.807) is 23.7 Å². The van der Waals surface area contributed by atoms with Crippen molar-refractivity contribution in [2.24, 2.45) is 0 Å². The molecule has 84 valence electrons. The Labute approximate surface area is 104 Å². The maximum atomic E-state index is 4.69. The molecule has 3 heteroatoms. The van der Waals surface area contributed by atoms with Gasteiger partial charge < -0.3 is 0 Å². The zero-order valence-electron chi connectivity index (χ0n) is 9.34. The van der Waals surface area contributed by atoms with Crippen LogP contribution in [0.4, 0.5) is 0 Å². The van der Waals surface area contributed by atoms with Gasteiger partial charge in [-0.25, -0.2) is 4.98 Å². The second-order valence-corrected chi connectivity index (χ2v) is 4.79. The van der Waals surface area contributed by atoms with Gasteiger partial charge in [0.2, 0.25) is 0 Å². The van der Waals surface area contributed by atoms with Gasteiger partial charge in [0.15, 0.2) is 0 Å². The summed E-state index contributed by atoms with van der Waals surface area (Å²) < 4.78 is 0. The van der Waals surface area contributed by atoms with Crippen molar-refractivity contribution < 1.29 is 0 Å². The van der Waals surface area contributed by atoms with Crippen LogP contribution in [0.5, 0.6) is 0 Å². The van der Waals surface area contributed by atoms with E-state index in [1.165, 1.54) is 5.57 Å². The quantitative estimate of drug-likeness (QED) is 0.794. The van der Waals surface area contributed by atoms with Crippen molar-refractivity contribution in [2.45, 2.75) is 12.8 Å². The van der Waals surface area contributed by atoms with Crippen LogP contribution in [-0.2, 0) is 0 Å². The Hall–Kier alpha value is -1.74. The fraction of sp³-hybridized carbons (Fsp3) is 0.143. The Morgan fingerprint density at radius 1 is 1.18 bits per heavy atom. The monoisotopic (exact) mass is 240 g/mol. The molecule has 3 rings (SSSR count). The first-order valence-corrected chi connectivity index (χ1v) is 6.53. The molecule has 0 saturated carbocycles. The summed E-state index contributed by atoms with van der Waals surface area (Å²) >= 11 is 1.69. The van der Waals surface area contributed by atoms with Crippen molar-refractivity contribution in [3.05, 3.63) is 53.8 Å². The van der Waals surface area contributed by atoms with E-state index in [0.29, 0.717) is 0 Å². The summed E-state index contributed by atoms with van der Waals surface area (Å²) in [5.74, 6) is 0. The summed E-state index contributed by atoms with van der Waals surface area (Å²) in [4.78, 5) is 8.72. The Kier molecular flexibility index (Phi) is 2.84. The van der Waals surface area contributed by atoms with Crippen molar-refractivity contribution in [1.29, 1.82) is 0 Å². The molecule has 0 fully saturated rings. The topological polar surface area (TPSA) is 25.8 Å². The van der Waals surface area contributed by atoms with Crippen LogP contribution in [0.3, 0.4) is 0 Å². The van der Waals surface area contributed by atoms with Crippen molar-refractivity contribution in [3.8, 4) is 10.6 Å². The molecular weight excluding hydrogens is 228 g/mol. The van der Waals surface area contributed by atoms with E-state index in [0.717, 1.165) is 29.1 Å². The molecule has 0 radical (unpaired) electrons. The molecule has 0 aliphatic heterocycles. The van der Waals surface area contributed by atoms with E-state index in [4.69, 9.17) is 4.98 Å². The minimum Gasteiger partial charge on any atom is -0.265 e.